The summed E-state index contributed by atoms with van der Waals surface area (Å²) in [7, 11) is 0. The Hall–Kier alpha value is -2.45. The van der Waals surface area contributed by atoms with Crippen LogP contribution in [0.5, 0.6) is 0 Å². The molecule has 0 atom stereocenters. The Morgan fingerprint density at radius 1 is 1.22 bits per heavy atom. The summed E-state index contributed by atoms with van der Waals surface area (Å²) in [4.78, 5) is 24.1. The fraction of sp³-hybridized carbons (Fsp3) is 0.444. The second-order valence-corrected chi connectivity index (χ2v) is 6.92. The van der Waals surface area contributed by atoms with Crippen molar-refractivity contribution in [3.05, 3.63) is 41.2 Å². The lowest BCUT2D eigenvalue weighted by Gasteiger charge is -2.22. The molecule has 1 saturated heterocycles. The zero-order valence-corrected chi connectivity index (χ0v) is 15.7. The Morgan fingerprint density at radius 3 is 2.70 bits per heavy atom. The van der Waals surface area contributed by atoms with Crippen LogP contribution in [0.2, 0.25) is 5.02 Å². The normalized spacial score (nSPS) is 14.7. The van der Waals surface area contributed by atoms with Crippen LogP contribution in [0.3, 0.4) is 0 Å². The average Bonchev–Trinajstić information content (AvgIpc) is 3.18. The minimum Gasteiger partial charge on any atom is -0.351 e. The molecule has 1 aliphatic rings. The minimum absolute atomic E-state index is 0.108. The first-order valence-electron chi connectivity index (χ1n) is 9.08. The van der Waals surface area contributed by atoms with Crippen LogP contribution in [0, 0.1) is 0 Å². The van der Waals surface area contributed by atoms with Gasteiger partial charge in [0.05, 0.1) is 12.2 Å². The smallest absolute Gasteiger partial charge is 0.273 e. The third-order valence-corrected chi connectivity index (χ3v) is 4.67. The maximum Gasteiger partial charge on any atom is 0.273 e. The number of hydrogen-bond acceptors (Lipinski definition) is 5. The van der Waals surface area contributed by atoms with Crippen molar-refractivity contribution in [2.24, 2.45) is 0 Å². The monoisotopic (exact) mass is 390 g/mol. The van der Waals surface area contributed by atoms with Crippen LogP contribution in [-0.2, 0) is 4.79 Å². The number of amides is 2. The highest BCUT2D eigenvalue weighted by Gasteiger charge is 2.18. The van der Waals surface area contributed by atoms with E-state index in [1.165, 1.54) is 0 Å². The van der Waals surface area contributed by atoms with E-state index in [9.17, 15) is 9.59 Å². The van der Waals surface area contributed by atoms with Gasteiger partial charge in [-0.05, 0) is 56.6 Å². The Morgan fingerprint density at radius 2 is 1.96 bits per heavy atom. The van der Waals surface area contributed by atoms with Crippen molar-refractivity contribution in [2.45, 2.75) is 31.7 Å². The summed E-state index contributed by atoms with van der Waals surface area (Å²) in [6, 6.07) is 7.21. The van der Waals surface area contributed by atoms with E-state index >= 15 is 0 Å². The molecule has 0 bridgehead atoms. The van der Waals surface area contributed by atoms with Gasteiger partial charge in [-0.25, -0.2) is 4.68 Å². The standard InChI is InChI=1S/C18H23ClN6O2/c19-13-3-5-14(6-4-13)22-17(26)2-1-9-21-18(27)16-12-25(24-23-16)15-7-10-20-11-8-15/h3-6,12,15,20H,1-2,7-11H2,(H,21,27)(H,22,26). The zero-order chi connectivity index (χ0) is 19.1. The van der Waals surface area contributed by atoms with Gasteiger partial charge in [0.1, 0.15) is 0 Å². The molecule has 9 heteroatoms. The highest BCUT2D eigenvalue weighted by Crippen LogP contribution is 2.17. The maximum atomic E-state index is 12.2. The molecule has 8 nitrogen and oxygen atoms in total. The van der Waals surface area contributed by atoms with Crippen LogP contribution in [0.1, 0.15) is 42.2 Å². The average molecular weight is 391 g/mol. The van der Waals surface area contributed by atoms with Crippen LogP contribution in [0.25, 0.3) is 0 Å². The molecular weight excluding hydrogens is 368 g/mol. The van der Waals surface area contributed by atoms with Gasteiger partial charge in [0.2, 0.25) is 5.91 Å². The molecule has 0 spiro atoms. The van der Waals surface area contributed by atoms with E-state index in [0.717, 1.165) is 25.9 Å². The Bertz CT molecular complexity index is 770. The van der Waals surface area contributed by atoms with Crippen molar-refractivity contribution in [1.29, 1.82) is 0 Å². The quantitative estimate of drug-likeness (QED) is 0.628. The number of nitrogens with one attached hydrogen (secondary N) is 3. The van der Waals surface area contributed by atoms with Gasteiger partial charge in [-0.3, -0.25) is 9.59 Å². The third-order valence-electron chi connectivity index (χ3n) is 4.42. The lowest BCUT2D eigenvalue weighted by atomic mass is 10.1. The summed E-state index contributed by atoms with van der Waals surface area (Å²) >= 11 is 5.81. The number of anilines is 1. The van der Waals surface area contributed by atoms with Crippen LogP contribution in [-0.4, -0.2) is 46.4 Å². The Labute approximate surface area is 162 Å². The number of piperidine rings is 1. The Balaban J connectivity index is 1.37. The van der Waals surface area contributed by atoms with Crippen molar-refractivity contribution in [3.8, 4) is 0 Å². The predicted octanol–water partition coefficient (Wildman–Crippen LogP) is 2.00. The van der Waals surface area contributed by atoms with Crippen molar-refractivity contribution < 1.29 is 9.59 Å². The van der Waals surface area contributed by atoms with E-state index in [1.54, 1.807) is 35.1 Å². The summed E-state index contributed by atoms with van der Waals surface area (Å²) in [5.41, 5.74) is 1.00. The van der Waals surface area contributed by atoms with E-state index in [0.29, 0.717) is 35.8 Å². The number of hydrogen-bond donors (Lipinski definition) is 3. The molecule has 0 radical (unpaired) electrons. The first-order chi connectivity index (χ1) is 13.1. The first-order valence-corrected chi connectivity index (χ1v) is 9.46. The highest BCUT2D eigenvalue weighted by atomic mass is 35.5. The maximum absolute atomic E-state index is 12.2. The third kappa shape index (κ3) is 5.77. The molecule has 144 valence electrons. The van der Waals surface area contributed by atoms with E-state index in [4.69, 9.17) is 11.6 Å². The molecule has 27 heavy (non-hydrogen) atoms. The Kier molecular flexibility index (Phi) is 6.78. The van der Waals surface area contributed by atoms with E-state index < -0.39 is 0 Å². The molecular formula is C18H23ClN6O2. The van der Waals surface area contributed by atoms with Gasteiger partial charge in [0.25, 0.3) is 5.91 Å². The summed E-state index contributed by atoms with van der Waals surface area (Å²) < 4.78 is 1.77. The first kappa shape index (κ1) is 19.3. The predicted molar refractivity (Wildman–Crippen MR) is 103 cm³/mol. The van der Waals surface area contributed by atoms with Gasteiger partial charge in [-0.15, -0.1) is 5.10 Å². The number of rotatable bonds is 7. The highest BCUT2D eigenvalue weighted by molar-refractivity contribution is 6.30. The molecule has 2 aromatic rings. The molecule has 0 saturated carbocycles. The molecule has 1 fully saturated rings. The molecule has 1 aliphatic heterocycles. The van der Waals surface area contributed by atoms with Crippen molar-refractivity contribution >= 4 is 29.1 Å². The van der Waals surface area contributed by atoms with Crippen LogP contribution in [0.4, 0.5) is 5.69 Å². The summed E-state index contributed by atoms with van der Waals surface area (Å²) in [6.45, 7) is 2.29. The van der Waals surface area contributed by atoms with Gasteiger partial charge < -0.3 is 16.0 Å². The van der Waals surface area contributed by atoms with E-state index in [1.807, 2.05) is 0 Å². The van der Waals surface area contributed by atoms with Gasteiger partial charge in [-0.1, -0.05) is 16.8 Å². The number of nitrogens with zero attached hydrogens (tertiary/aromatic N) is 3. The summed E-state index contributed by atoms with van der Waals surface area (Å²) in [5, 5.41) is 17.5. The lowest BCUT2D eigenvalue weighted by molar-refractivity contribution is -0.116. The molecule has 2 heterocycles. The van der Waals surface area contributed by atoms with E-state index in [2.05, 4.69) is 26.3 Å². The number of halogens is 1. The summed E-state index contributed by atoms with van der Waals surface area (Å²) in [6.07, 6.45) is 4.50. The van der Waals surface area contributed by atoms with Crippen LogP contribution < -0.4 is 16.0 Å². The molecule has 2 amide bonds. The second-order valence-electron chi connectivity index (χ2n) is 6.48. The second kappa shape index (κ2) is 9.48. The fourth-order valence-electron chi connectivity index (χ4n) is 2.93. The molecule has 1 aromatic carbocycles. The minimum atomic E-state index is -0.270. The zero-order valence-electron chi connectivity index (χ0n) is 14.9. The molecule has 1 aromatic heterocycles. The fourth-order valence-corrected chi connectivity index (χ4v) is 3.05. The van der Waals surface area contributed by atoms with Gasteiger partial charge in [-0.2, -0.15) is 0 Å². The van der Waals surface area contributed by atoms with Crippen molar-refractivity contribution in [3.63, 3.8) is 0 Å². The SMILES string of the molecule is O=C(CCCNC(=O)c1cn(C2CCNCC2)nn1)Nc1ccc(Cl)cc1. The van der Waals surface area contributed by atoms with Crippen LogP contribution in [0.15, 0.2) is 30.5 Å². The number of aromatic nitrogens is 3. The van der Waals surface area contributed by atoms with E-state index in [-0.39, 0.29) is 17.9 Å². The van der Waals surface area contributed by atoms with Gasteiger partial charge >= 0.3 is 0 Å². The van der Waals surface area contributed by atoms with Crippen molar-refractivity contribution in [1.82, 2.24) is 25.6 Å². The van der Waals surface area contributed by atoms with Gasteiger partial charge in [0.15, 0.2) is 5.69 Å². The van der Waals surface area contributed by atoms with Gasteiger partial charge in [0, 0.05) is 23.7 Å². The topological polar surface area (TPSA) is 101 Å². The molecule has 3 rings (SSSR count). The molecule has 3 N–H and O–H groups in total. The van der Waals surface area contributed by atoms with Crippen LogP contribution >= 0.6 is 11.6 Å². The van der Waals surface area contributed by atoms with Crippen molar-refractivity contribution in [2.75, 3.05) is 25.0 Å². The number of carbonyl (C=O) groups is 2. The summed E-state index contributed by atoms with van der Waals surface area (Å²) in [5.74, 6) is -0.378. The number of carbonyl (C=O) groups excluding carboxylic acids is 2. The number of benzene rings is 1. The molecule has 0 unspecified atom stereocenters. The molecule has 0 aliphatic carbocycles. The largest absolute Gasteiger partial charge is 0.351 e. The lowest BCUT2D eigenvalue weighted by Crippen LogP contribution is -2.29.